The number of unbranched alkanes of at least 4 members (excludes halogenated alkanes) is 6. The van der Waals surface area contributed by atoms with Crippen molar-refractivity contribution in [2.45, 2.75) is 71.3 Å². The lowest BCUT2D eigenvalue weighted by atomic mass is 10.1. The van der Waals surface area contributed by atoms with Crippen LogP contribution in [0.2, 0.25) is 0 Å². The van der Waals surface area contributed by atoms with Crippen LogP contribution in [-0.4, -0.2) is 12.7 Å². The van der Waals surface area contributed by atoms with Crippen LogP contribution in [0.15, 0.2) is 10.3 Å². The Morgan fingerprint density at radius 2 is 1.59 bits per heavy atom. The molecule has 0 rings (SSSR count). The van der Waals surface area contributed by atoms with E-state index in [0.717, 1.165) is 17.3 Å². The summed E-state index contributed by atoms with van der Waals surface area (Å²) in [4.78, 5) is 0. The van der Waals surface area contributed by atoms with Gasteiger partial charge in [0.15, 0.2) is 0 Å². The largest absolute Gasteiger partial charge is 0.374 e. The highest BCUT2D eigenvalue weighted by molar-refractivity contribution is 8.05. The molecule has 0 aromatic rings. The summed E-state index contributed by atoms with van der Waals surface area (Å²) in [5.74, 6) is 0. The van der Waals surface area contributed by atoms with Crippen molar-refractivity contribution in [3.8, 4) is 0 Å². The molecule has 0 radical (unpaired) electrons. The lowest BCUT2D eigenvalue weighted by molar-refractivity contribution is 0.0883. The van der Waals surface area contributed by atoms with Crippen molar-refractivity contribution in [3.63, 3.8) is 0 Å². The van der Waals surface area contributed by atoms with Gasteiger partial charge >= 0.3 is 0 Å². The Bertz CT molecular complexity index is 189. The first-order chi connectivity index (χ1) is 8.20. The summed E-state index contributed by atoms with van der Waals surface area (Å²) in [6.45, 7) is 5.04. The summed E-state index contributed by atoms with van der Waals surface area (Å²) in [7, 11) is 0. The number of hydrogen-bond acceptors (Lipinski definition) is 3. The zero-order chi connectivity index (χ0) is 12.9. The van der Waals surface area contributed by atoms with Crippen LogP contribution in [-0.2, 0) is 4.74 Å². The van der Waals surface area contributed by atoms with Crippen LogP contribution in [0.5, 0.6) is 0 Å². The molecule has 0 heterocycles. The summed E-state index contributed by atoms with van der Waals surface area (Å²) in [6.07, 6.45) is 12.7. The molecule has 0 aliphatic heterocycles. The third-order valence-corrected chi connectivity index (χ3v) is 3.11. The standard InChI is InChI=1S/C14H28OS2/c1-3-5-6-7-8-9-10-11-13(15-4-2)12-14(16)17/h12-13,16-17H,3-11H2,1-2H3. The van der Waals surface area contributed by atoms with Gasteiger partial charge in [0.25, 0.3) is 0 Å². The van der Waals surface area contributed by atoms with Gasteiger partial charge in [-0.25, -0.2) is 0 Å². The Labute approximate surface area is 118 Å². The third-order valence-electron chi connectivity index (χ3n) is 2.81. The summed E-state index contributed by atoms with van der Waals surface area (Å²) in [5, 5.41) is 0. The van der Waals surface area contributed by atoms with Gasteiger partial charge in [0.05, 0.1) is 6.10 Å². The highest BCUT2D eigenvalue weighted by Crippen LogP contribution is 2.15. The van der Waals surface area contributed by atoms with E-state index in [2.05, 4.69) is 32.2 Å². The van der Waals surface area contributed by atoms with Crippen LogP contribution in [0.1, 0.15) is 65.2 Å². The minimum Gasteiger partial charge on any atom is -0.374 e. The molecule has 0 aliphatic rings. The predicted molar refractivity (Wildman–Crippen MR) is 84.1 cm³/mol. The molecule has 0 spiro atoms. The average Bonchev–Trinajstić information content (AvgIpc) is 2.27. The van der Waals surface area contributed by atoms with E-state index in [4.69, 9.17) is 4.74 Å². The molecule has 0 aromatic heterocycles. The lowest BCUT2D eigenvalue weighted by Crippen LogP contribution is -2.09. The Morgan fingerprint density at radius 1 is 1.00 bits per heavy atom. The molecular weight excluding hydrogens is 248 g/mol. The highest BCUT2D eigenvalue weighted by atomic mass is 32.2. The van der Waals surface area contributed by atoms with Crippen molar-refractivity contribution in [2.24, 2.45) is 0 Å². The van der Waals surface area contributed by atoms with Gasteiger partial charge in [-0.15, -0.1) is 25.3 Å². The zero-order valence-electron chi connectivity index (χ0n) is 11.3. The molecule has 0 bridgehead atoms. The van der Waals surface area contributed by atoms with Gasteiger partial charge in [0.2, 0.25) is 0 Å². The second kappa shape index (κ2) is 12.8. The summed E-state index contributed by atoms with van der Waals surface area (Å²) in [5.41, 5.74) is 0. The van der Waals surface area contributed by atoms with Gasteiger partial charge in [-0.1, -0.05) is 51.9 Å². The maximum absolute atomic E-state index is 5.62. The van der Waals surface area contributed by atoms with Crippen molar-refractivity contribution in [1.29, 1.82) is 0 Å². The molecule has 1 nitrogen and oxygen atoms in total. The van der Waals surface area contributed by atoms with Gasteiger partial charge < -0.3 is 4.74 Å². The first-order valence-electron chi connectivity index (χ1n) is 6.92. The van der Waals surface area contributed by atoms with E-state index >= 15 is 0 Å². The first kappa shape index (κ1) is 17.4. The molecule has 0 fully saturated rings. The smallest absolute Gasteiger partial charge is 0.0774 e. The Morgan fingerprint density at radius 3 is 2.12 bits per heavy atom. The maximum Gasteiger partial charge on any atom is 0.0774 e. The second-order valence-electron chi connectivity index (χ2n) is 4.43. The fourth-order valence-electron chi connectivity index (χ4n) is 1.90. The van der Waals surface area contributed by atoms with Crippen LogP contribution < -0.4 is 0 Å². The maximum atomic E-state index is 5.62. The SMILES string of the molecule is CCCCCCCCCC(C=C(S)S)OCC. The summed E-state index contributed by atoms with van der Waals surface area (Å²) < 4.78 is 6.38. The molecular formula is C14H28OS2. The first-order valence-corrected chi connectivity index (χ1v) is 7.81. The van der Waals surface area contributed by atoms with Gasteiger partial charge in [0.1, 0.15) is 0 Å². The van der Waals surface area contributed by atoms with Crippen molar-refractivity contribution in [2.75, 3.05) is 6.61 Å². The van der Waals surface area contributed by atoms with Crippen LogP contribution in [0.25, 0.3) is 0 Å². The van der Waals surface area contributed by atoms with E-state index in [1.54, 1.807) is 0 Å². The molecule has 0 N–H and O–H groups in total. The molecule has 0 amide bonds. The van der Waals surface area contributed by atoms with Crippen molar-refractivity contribution < 1.29 is 4.74 Å². The summed E-state index contributed by atoms with van der Waals surface area (Å²) >= 11 is 8.35. The molecule has 0 aromatic carbocycles. The van der Waals surface area contributed by atoms with Gasteiger partial charge in [-0.2, -0.15) is 0 Å². The molecule has 102 valence electrons. The molecule has 0 saturated heterocycles. The van der Waals surface area contributed by atoms with E-state index in [0.29, 0.717) is 0 Å². The average molecular weight is 277 g/mol. The zero-order valence-corrected chi connectivity index (χ0v) is 13.1. The van der Waals surface area contributed by atoms with Crippen molar-refractivity contribution >= 4 is 25.3 Å². The van der Waals surface area contributed by atoms with E-state index in [-0.39, 0.29) is 6.10 Å². The number of hydrogen-bond donors (Lipinski definition) is 2. The Hall–Kier alpha value is 0.400. The second-order valence-corrected chi connectivity index (χ2v) is 5.75. The molecule has 1 unspecified atom stereocenters. The third kappa shape index (κ3) is 12.6. The van der Waals surface area contributed by atoms with Crippen molar-refractivity contribution in [3.05, 3.63) is 10.3 Å². The highest BCUT2D eigenvalue weighted by Gasteiger charge is 2.04. The van der Waals surface area contributed by atoms with Crippen molar-refractivity contribution in [1.82, 2.24) is 0 Å². The van der Waals surface area contributed by atoms with E-state index < -0.39 is 0 Å². The number of thiol groups is 2. The fraction of sp³-hybridized carbons (Fsp3) is 0.857. The summed E-state index contributed by atoms with van der Waals surface area (Å²) in [6, 6.07) is 0. The topological polar surface area (TPSA) is 9.23 Å². The molecule has 17 heavy (non-hydrogen) atoms. The molecule has 0 saturated carbocycles. The molecule has 3 heteroatoms. The lowest BCUT2D eigenvalue weighted by Gasteiger charge is -2.13. The Balaban J connectivity index is 3.51. The molecule has 1 atom stereocenters. The van der Waals surface area contributed by atoms with Crippen LogP contribution in [0, 0.1) is 0 Å². The molecule has 0 aliphatic carbocycles. The quantitative estimate of drug-likeness (QED) is 0.388. The number of ether oxygens (including phenoxy) is 1. The van der Waals surface area contributed by atoms with Crippen LogP contribution in [0.4, 0.5) is 0 Å². The van der Waals surface area contributed by atoms with E-state index in [1.165, 1.54) is 44.9 Å². The Kier molecular flexibility index (Phi) is 13.1. The minimum atomic E-state index is 0.195. The van der Waals surface area contributed by atoms with Crippen LogP contribution >= 0.6 is 25.3 Å². The van der Waals surface area contributed by atoms with Gasteiger partial charge in [0, 0.05) is 10.8 Å². The minimum absolute atomic E-state index is 0.195. The predicted octanol–water partition coefficient (Wildman–Crippen LogP) is 5.23. The van der Waals surface area contributed by atoms with Gasteiger partial charge in [-0.3, -0.25) is 0 Å². The monoisotopic (exact) mass is 276 g/mol. The fourth-order valence-corrected chi connectivity index (χ4v) is 2.23. The van der Waals surface area contributed by atoms with E-state index in [1.807, 2.05) is 13.0 Å². The van der Waals surface area contributed by atoms with Gasteiger partial charge in [-0.05, 0) is 19.4 Å². The number of rotatable bonds is 11. The normalized spacial score (nSPS) is 12.5. The van der Waals surface area contributed by atoms with Crippen LogP contribution in [0.3, 0.4) is 0 Å². The van der Waals surface area contributed by atoms with E-state index in [9.17, 15) is 0 Å².